The average molecular weight is 234 g/mol. The fraction of sp³-hybridized carbons (Fsp3) is 0.500. The topological polar surface area (TPSA) is 55.1 Å². The number of hydrogen-bond donors (Lipinski definition) is 2. The number of carbonyl (C=O) groups is 1. The van der Waals surface area contributed by atoms with Gasteiger partial charge in [-0.1, -0.05) is 24.1 Å². The lowest BCUT2D eigenvalue weighted by molar-refractivity contribution is 0.0934. The summed E-state index contributed by atoms with van der Waals surface area (Å²) in [6, 6.07) is 6.07. The quantitative estimate of drug-likeness (QED) is 0.820. The number of nitrogens with two attached hydrogens (primary N) is 1. The van der Waals surface area contributed by atoms with Gasteiger partial charge in [0.2, 0.25) is 0 Å². The van der Waals surface area contributed by atoms with E-state index < -0.39 is 0 Å². The molecule has 1 aromatic carbocycles. The van der Waals surface area contributed by atoms with Crippen molar-refractivity contribution in [1.82, 2.24) is 5.32 Å². The molecule has 94 valence electrons. The number of benzene rings is 1. The molecule has 0 saturated heterocycles. The molecule has 1 aromatic rings. The molecule has 0 heterocycles. The molecule has 0 saturated carbocycles. The van der Waals surface area contributed by atoms with Crippen LogP contribution in [-0.4, -0.2) is 18.5 Å². The molecule has 1 unspecified atom stereocenters. The maximum absolute atomic E-state index is 12.0. The second-order valence-electron chi connectivity index (χ2n) is 4.53. The Morgan fingerprint density at radius 3 is 2.35 bits per heavy atom. The van der Waals surface area contributed by atoms with Crippen LogP contribution in [0.3, 0.4) is 0 Å². The van der Waals surface area contributed by atoms with Gasteiger partial charge in [-0.25, -0.2) is 0 Å². The summed E-state index contributed by atoms with van der Waals surface area (Å²) in [5.74, 6) is -0.00269. The van der Waals surface area contributed by atoms with E-state index in [-0.39, 0.29) is 11.9 Å². The summed E-state index contributed by atoms with van der Waals surface area (Å²) in [5, 5.41) is 3.02. The van der Waals surface area contributed by atoms with Crippen molar-refractivity contribution in [1.29, 1.82) is 0 Å². The van der Waals surface area contributed by atoms with Crippen LogP contribution in [-0.2, 0) is 0 Å². The predicted molar refractivity (Wildman–Crippen MR) is 71.1 cm³/mol. The number of aryl methyl sites for hydroxylation is 2. The Balaban J connectivity index is 2.75. The van der Waals surface area contributed by atoms with E-state index in [0.717, 1.165) is 29.5 Å². The van der Waals surface area contributed by atoms with Crippen LogP contribution in [0.4, 0.5) is 0 Å². The Kier molecular flexibility index (Phi) is 5.16. The summed E-state index contributed by atoms with van der Waals surface area (Å²) in [7, 11) is 0. The lowest BCUT2D eigenvalue weighted by atomic mass is 10.1. The molecule has 0 bridgehead atoms. The summed E-state index contributed by atoms with van der Waals surface area (Å²) in [6.07, 6.45) is 1.74. The molecule has 17 heavy (non-hydrogen) atoms. The van der Waals surface area contributed by atoms with E-state index in [4.69, 9.17) is 5.73 Å². The van der Waals surface area contributed by atoms with Gasteiger partial charge in [-0.15, -0.1) is 0 Å². The minimum atomic E-state index is -0.00269. The summed E-state index contributed by atoms with van der Waals surface area (Å²) in [5.41, 5.74) is 8.48. The summed E-state index contributed by atoms with van der Waals surface area (Å²) >= 11 is 0. The first kappa shape index (κ1) is 13.7. The number of nitrogens with one attached hydrogen (secondary N) is 1. The zero-order valence-corrected chi connectivity index (χ0v) is 10.9. The number of hydrogen-bond acceptors (Lipinski definition) is 2. The highest BCUT2D eigenvalue weighted by Crippen LogP contribution is 2.09. The van der Waals surface area contributed by atoms with E-state index in [9.17, 15) is 4.79 Å². The Bertz CT molecular complexity index is 368. The van der Waals surface area contributed by atoms with E-state index in [0.29, 0.717) is 6.54 Å². The van der Waals surface area contributed by atoms with Crippen LogP contribution in [0.1, 0.15) is 41.3 Å². The molecule has 3 nitrogen and oxygen atoms in total. The standard InChI is InChI=1S/C14H22N2O/c1-4-13(5-6-15)16-14(17)12-8-10(2)7-11(3)9-12/h7-9,13H,4-6,15H2,1-3H3,(H,16,17). The molecule has 0 aliphatic rings. The third-order valence-corrected chi connectivity index (χ3v) is 2.83. The van der Waals surface area contributed by atoms with E-state index in [2.05, 4.69) is 18.3 Å². The zero-order valence-electron chi connectivity index (χ0n) is 10.9. The number of carbonyl (C=O) groups excluding carboxylic acids is 1. The van der Waals surface area contributed by atoms with E-state index in [1.54, 1.807) is 0 Å². The van der Waals surface area contributed by atoms with Gasteiger partial charge in [0.05, 0.1) is 0 Å². The van der Waals surface area contributed by atoms with Crippen molar-refractivity contribution in [3.8, 4) is 0 Å². The van der Waals surface area contributed by atoms with Crippen LogP contribution in [0.2, 0.25) is 0 Å². The Morgan fingerprint density at radius 2 is 1.88 bits per heavy atom. The molecular weight excluding hydrogens is 212 g/mol. The van der Waals surface area contributed by atoms with Gasteiger partial charge in [0.1, 0.15) is 0 Å². The lowest BCUT2D eigenvalue weighted by Crippen LogP contribution is -2.35. The van der Waals surface area contributed by atoms with E-state index in [1.165, 1.54) is 0 Å². The largest absolute Gasteiger partial charge is 0.349 e. The first-order chi connectivity index (χ1) is 8.06. The summed E-state index contributed by atoms with van der Waals surface area (Å²) < 4.78 is 0. The molecule has 3 N–H and O–H groups in total. The van der Waals surface area contributed by atoms with Crippen LogP contribution in [0.5, 0.6) is 0 Å². The smallest absolute Gasteiger partial charge is 0.251 e. The average Bonchev–Trinajstić information content (AvgIpc) is 2.27. The maximum atomic E-state index is 12.0. The molecule has 1 atom stereocenters. The van der Waals surface area contributed by atoms with Crippen molar-refractivity contribution >= 4 is 5.91 Å². The van der Waals surface area contributed by atoms with E-state index in [1.807, 2.05) is 26.0 Å². The fourth-order valence-electron chi connectivity index (χ4n) is 1.95. The third kappa shape index (κ3) is 4.19. The van der Waals surface area contributed by atoms with Gasteiger partial charge in [0.15, 0.2) is 0 Å². The lowest BCUT2D eigenvalue weighted by Gasteiger charge is -2.16. The minimum absolute atomic E-state index is 0.00269. The van der Waals surface area contributed by atoms with Crippen molar-refractivity contribution in [3.63, 3.8) is 0 Å². The normalized spacial score (nSPS) is 12.2. The zero-order chi connectivity index (χ0) is 12.8. The molecule has 3 heteroatoms. The predicted octanol–water partition coefficient (Wildman–Crippen LogP) is 2.16. The van der Waals surface area contributed by atoms with Crippen LogP contribution >= 0.6 is 0 Å². The highest BCUT2D eigenvalue weighted by molar-refractivity contribution is 5.94. The van der Waals surface area contributed by atoms with Gasteiger partial charge in [-0.2, -0.15) is 0 Å². The van der Waals surface area contributed by atoms with Crippen molar-refractivity contribution in [3.05, 3.63) is 34.9 Å². The van der Waals surface area contributed by atoms with Crippen LogP contribution in [0, 0.1) is 13.8 Å². The molecule has 0 aromatic heterocycles. The molecule has 0 fully saturated rings. The highest BCUT2D eigenvalue weighted by atomic mass is 16.1. The van der Waals surface area contributed by atoms with Gasteiger partial charge in [0, 0.05) is 11.6 Å². The first-order valence-electron chi connectivity index (χ1n) is 6.16. The molecule has 1 amide bonds. The van der Waals surface area contributed by atoms with Crippen LogP contribution < -0.4 is 11.1 Å². The van der Waals surface area contributed by atoms with Crippen LogP contribution in [0.25, 0.3) is 0 Å². The van der Waals surface area contributed by atoms with Gasteiger partial charge >= 0.3 is 0 Å². The fourth-order valence-corrected chi connectivity index (χ4v) is 1.95. The van der Waals surface area contributed by atoms with Gasteiger partial charge < -0.3 is 11.1 Å². The number of amides is 1. The Hall–Kier alpha value is -1.35. The summed E-state index contributed by atoms with van der Waals surface area (Å²) in [6.45, 7) is 6.66. The second kappa shape index (κ2) is 6.40. The Morgan fingerprint density at radius 1 is 1.29 bits per heavy atom. The second-order valence-corrected chi connectivity index (χ2v) is 4.53. The molecular formula is C14H22N2O. The maximum Gasteiger partial charge on any atom is 0.251 e. The minimum Gasteiger partial charge on any atom is -0.349 e. The van der Waals surface area contributed by atoms with Gasteiger partial charge in [-0.3, -0.25) is 4.79 Å². The third-order valence-electron chi connectivity index (χ3n) is 2.83. The monoisotopic (exact) mass is 234 g/mol. The highest BCUT2D eigenvalue weighted by Gasteiger charge is 2.11. The SMILES string of the molecule is CCC(CCN)NC(=O)c1cc(C)cc(C)c1. The first-order valence-corrected chi connectivity index (χ1v) is 6.16. The molecule has 0 aliphatic carbocycles. The van der Waals surface area contributed by atoms with Gasteiger partial charge in [-0.05, 0) is 45.4 Å². The van der Waals surface area contributed by atoms with Crippen molar-refractivity contribution in [2.24, 2.45) is 5.73 Å². The number of rotatable bonds is 5. The van der Waals surface area contributed by atoms with Gasteiger partial charge in [0.25, 0.3) is 5.91 Å². The molecule has 0 aliphatic heterocycles. The molecule has 0 radical (unpaired) electrons. The van der Waals surface area contributed by atoms with Crippen molar-refractivity contribution < 1.29 is 4.79 Å². The molecule has 1 rings (SSSR count). The molecule has 0 spiro atoms. The summed E-state index contributed by atoms with van der Waals surface area (Å²) in [4.78, 5) is 12.0. The van der Waals surface area contributed by atoms with Crippen molar-refractivity contribution in [2.45, 2.75) is 39.7 Å². The van der Waals surface area contributed by atoms with Crippen molar-refractivity contribution in [2.75, 3.05) is 6.54 Å². The Labute approximate surface area is 103 Å². The van der Waals surface area contributed by atoms with E-state index >= 15 is 0 Å². The van der Waals surface area contributed by atoms with Crippen LogP contribution in [0.15, 0.2) is 18.2 Å².